The van der Waals surface area contributed by atoms with Gasteiger partial charge in [0, 0.05) is 9.67 Å². The van der Waals surface area contributed by atoms with E-state index >= 15 is 0 Å². The molecule has 0 saturated carbocycles. The van der Waals surface area contributed by atoms with Crippen LogP contribution in [0.25, 0.3) is 0 Å². The molecule has 0 saturated heterocycles. The minimum absolute atomic E-state index is 0.204. The van der Waals surface area contributed by atoms with E-state index in [0.29, 0.717) is 0 Å². The third-order valence-electron chi connectivity index (χ3n) is 1.69. The van der Waals surface area contributed by atoms with Gasteiger partial charge in [0.2, 0.25) is 6.20 Å². The zero-order valence-electron chi connectivity index (χ0n) is 5.84. The lowest BCUT2D eigenvalue weighted by atomic mass is 10.1. The van der Waals surface area contributed by atoms with Crippen LogP contribution in [-0.2, 0) is 0 Å². The molecule has 0 N–H and O–H groups in total. The molecule has 3 heteroatoms. The average molecular weight is 147 g/mol. The molecular weight excluding hydrogens is 140 g/mol. The highest BCUT2D eigenvalue weighted by Crippen LogP contribution is 2.09. The van der Waals surface area contributed by atoms with Crippen LogP contribution in [0.4, 0.5) is 0 Å². The van der Waals surface area contributed by atoms with Crippen LogP contribution in [0.15, 0.2) is 41.7 Å². The van der Waals surface area contributed by atoms with E-state index < -0.39 is 0 Å². The van der Waals surface area contributed by atoms with Crippen LogP contribution in [0, 0.1) is 4.91 Å². The van der Waals surface area contributed by atoms with E-state index in [1.807, 2.05) is 24.3 Å². The molecule has 1 atom stereocenters. The fourth-order valence-electron chi connectivity index (χ4n) is 1.13. The maximum atomic E-state index is 11.1. The fourth-order valence-corrected chi connectivity index (χ4v) is 1.13. The highest BCUT2D eigenvalue weighted by atomic mass is 16.3. The first-order valence-electron chi connectivity index (χ1n) is 3.42. The molecule has 2 rings (SSSR count). The molecule has 54 valence electrons. The molecule has 0 aromatic heterocycles. The van der Waals surface area contributed by atoms with E-state index in [4.69, 9.17) is 0 Å². The number of aliphatic imine (C=N–C) groups is 1. The van der Waals surface area contributed by atoms with Gasteiger partial charge in [-0.05, 0) is 12.2 Å². The van der Waals surface area contributed by atoms with Crippen molar-refractivity contribution < 1.29 is 4.76 Å². The highest BCUT2D eigenvalue weighted by molar-refractivity contribution is 6.01. The Morgan fingerprint density at radius 1 is 1.45 bits per heavy atom. The minimum Gasteiger partial charge on any atom is -0.247 e. The van der Waals surface area contributed by atoms with Crippen molar-refractivity contribution in [3.8, 4) is 0 Å². The predicted octanol–water partition coefficient (Wildman–Crippen LogP) is 1.19. The average Bonchev–Trinajstić information content (AvgIpc) is 2.06. The highest BCUT2D eigenvalue weighted by Gasteiger charge is 2.28. The van der Waals surface area contributed by atoms with Crippen molar-refractivity contribution in [3.63, 3.8) is 0 Å². The summed E-state index contributed by atoms with van der Waals surface area (Å²) in [6.45, 7) is 0. The number of hydrogen-bond acceptors (Lipinski definition) is 2. The summed E-state index contributed by atoms with van der Waals surface area (Å²) in [7, 11) is 0. The summed E-state index contributed by atoms with van der Waals surface area (Å²) in [5.41, 5.74) is 0.810. The summed E-state index contributed by atoms with van der Waals surface area (Å²) >= 11 is 0. The van der Waals surface area contributed by atoms with Gasteiger partial charge in [0.1, 0.15) is 5.71 Å². The van der Waals surface area contributed by atoms with Crippen molar-refractivity contribution in [2.24, 2.45) is 4.99 Å². The monoisotopic (exact) mass is 147 g/mol. The maximum absolute atomic E-state index is 11.1. The molecule has 0 amide bonds. The van der Waals surface area contributed by atoms with E-state index in [-0.39, 0.29) is 6.04 Å². The van der Waals surface area contributed by atoms with Crippen molar-refractivity contribution in [2.75, 3.05) is 0 Å². The molecule has 0 spiro atoms. The molecule has 2 aliphatic rings. The van der Waals surface area contributed by atoms with Crippen LogP contribution in [0.1, 0.15) is 0 Å². The van der Waals surface area contributed by atoms with Crippen LogP contribution in [-0.4, -0.2) is 16.5 Å². The molecule has 0 aromatic rings. The van der Waals surface area contributed by atoms with Crippen molar-refractivity contribution >= 4 is 5.71 Å². The largest absolute Gasteiger partial charge is 0.267 e. The minimum atomic E-state index is -0.204. The lowest BCUT2D eigenvalue weighted by molar-refractivity contribution is -0.491. The van der Waals surface area contributed by atoms with Gasteiger partial charge in [-0.25, -0.2) is 4.99 Å². The first kappa shape index (κ1) is 6.22. The second-order valence-corrected chi connectivity index (χ2v) is 2.40. The Hall–Kier alpha value is -1.51. The van der Waals surface area contributed by atoms with Gasteiger partial charge >= 0.3 is 0 Å². The molecule has 1 unspecified atom stereocenters. The lowest BCUT2D eigenvalue weighted by Gasteiger charge is -2.07. The Kier molecular flexibility index (Phi) is 1.28. The Morgan fingerprint density at radius 2 is 2.36 bits per heavy atom. The summed E-state index contributed by atoms with van der Waals surface area (Å²) in [4.78, 5) is 15.2. The van der Waals surface area contributed by atoms with Gasteiger partial charge in [-0.2, -0.15) is 0 Å². The smallest absolute Gasteiger partial charge is 0.247 e. The standard InChI is InChI=1S/C8H7N2O/c11-10-6-5-9-7-3-1-2-4-8(7)10/h1-6,8H/q+1. The predicted molar refractivity (Wildman–Crippen MR) is 42.3 cm³/mol. The second kappa shape index (κ2) is 2.27. The lowest BCUT2D eigenvalue weighted by Crippen LogP contribution is -2.29. The zero-order valence-corrected chi connectivity index (χ0v) is 5.84. The zero-order chi connectivity index (χ0) is 7.68. The van der Waals surface area contributed by atoms with Crippen LogP contribution < -0.4 is 0 Å². The van der Waals surface area contributed by atoms with Crippen molar-refractivity contribution in [2.45, 2.75) is 6.04 Å². The number of nitroso groups, excluding NO2 is 1. The second-order valence-electron chi connectivity index (χ2n) is 2.40. The molecule has 0 radical (unpaired) electrons. The van der Waals surface area contributed by atoms with Gasteiger partial charge in [0.15, 0.2) is 0 Å². The number of rotatable bonds is 0. The van der Waals surface area contributed by atoms with E-state index in [1.165, 1.54) is 12.4 Å². The number of hydrogen-bond donors (Lipinski definition) is 0. The van der Waals surface area contributed by atoms with Crippen LogP contribution in [0.2, 0.25) is 0 Å². The van der Waals surface area contributed by atoms with Gasteiger partial charge in [0.25, 0.3) is 6.04 Å². The molecule has 11 heavy (non-hydrogen) atoms. The van der Waals surface area contributed by atoms with Crippen molar-refractivity contribution in [1.82, 2.24) is 0 Å². The summed E-state index contributed by atoms with van der Waals surface area (Å²) in [5.74, 6) is 0. The van der Waals surface area contributed by atoms with Gasteiger partial charge in [-0.15, -0.1) is 0 Å². The molecule has 1 aliphatic carbocycles. The molecule has 3 nitrogen and oxygen atoms in total. The number of nitrogens with zero attached hydrogens (tertiary/aromatic N) is 2. The van der Waals surface area contributed by atoms with Crippen LogP contribution in [0.3, 0.4) is 0 Å². The molecule has 1 heterocycles. The SMILES string of the molecule is O=[N+]1C=CN=C2C=CC=CC21. The Labute approximate surface area is 64.0 Å². The van der Waals surface area contributed by atoms with Crippen LogP contribution >= 0.6 is 0 Å². The molecular formula is C8H7N2O+. The van der Waals surface area contributed by atoms with E-state index in [2.05, 4.69) is 4.99 Å². The van der Waals surface area contributed by atoms with Crippen LogP contribution in [0.5, 0.6) is 0 Å². The summed E-state index contributed by atoms with van der Waals surface area (Å²) < 4.78 is 0.891. The Balaban J connectivity index is 2.43. The first-order chi connectivity index (χ1) is 5.38. The molecule has 0 fully saturated rings. The van der Waals surface area contributed by atoms with Crippen molar-refractivity contribution in [1.29, 1.82) is 0 Å². The topological polar surface area (TPSA) is 32.4 Å². The summed E-state index contributed by atoms with van der Waals surface area (Å²) in [6.07, 6.45) is 10.4. The first-order valence-corrected chi connectivity index (χ1v) is 3.42. The Morgan fingerprint density at radius 3 is 3.18 bits per heavy atom. The normalized spacial score (nSPS) is 26.7. The number of allylic oxidation sites excluding steroid dienone is 2. The summed E-state index contributed by atoms with van der Waals surface area (Å²) in [5, 5.41) is 0. The third-order valence-corrected chi connectivity index (χ3v) is 1.69. The number of fused-ring (bicyclic) bond motifs is 1. The van der Waals surface area contributed by atoms with Gasteiger partial charge in [0.05, 0.1) is 6.20 Å². The molecule has 0 aromatic carbocycles. The van der Waals surface area contributed by atoms with Gasteiger partial charge < -0.3 is 0 Å². The van der Waals surface area contributed by atoms with Gasteiger partial charge in [-0.3, -0.25) is 0 Å². The van der Waals surface area contributed by atoms with Gasteiger partial charge in [-0.1, -0.05) is 12.2 Å². The molecule has 0 bridgehead atoms. The maximum Gasteiger partial charge on any atom is 0.267 e. The van der Waals surface area contributed by atoms with E-state index in [0.717, 1.165) is 10.5 Å². The van der Waals surface area contributed by atoms with E-state index in [9.17, 15) is 4.91 Å². The van der Waals surface area contributed by atoms with Crippen molar-refractivity contribution in [3.05, 3.63) is 41.6 Å². The fraction of sp³-hybridized carbons (Fsp3) is 0.125. The van der Waals surface area contributed by atoms with E-state index in [1.54, 1.807) is 0 Å². The third kappa shape index (κ3) is 0.941. The summed E-state index contributed by atoms with van der Waals surface area (Å²) in [6, 6.07) is -0.204. The Bertz CT molecular complexity index is 310. The molecule has 1 aliphatic heterocycles. The quantitative estimate of drug-likeness (QED) is 0.473.